The van der Waals surface area contributed by atoms with Crippen LogP contribution in [0.15, 0.2) is 76.4 Å². The van der Waals surface area contributed by atoms with E-state index in [0.29, 0.717) is 16.9 Å². The molecule has 2 N–H and O–H groups in total. The van der Waals surface area contributed by atoms with Gasteiger partial charge in [-0.15, -0.1) is 0 Å². The Morgan fingerprint density at radius 1 is 1.10 bits per heavy atom. The molecular weight excluding hydrogens is 376 g/mol. The zero-order chi connectivity index (χ0) is 20.6. The number of nitrogens with zero attached hydrogens (tertiary/aromatic N) is 1. The van der Waals surface area contributed by atoms with Crippen molar-refractivity contribution in [3.63, 3.8) is 0 Å². The van der Waals surface area contributed by atoms with Crippen LogP contribution in [0.2, 0.25) is 0 Å². The van der Waals surface area contributed by atoms with Gasteiger partial charge in [-0.2, -0.15) is 5.10 Å². The summed E-state index contributed by atoms with van der Waals surface area (Å²) in [5, 5.41) is 13.8. The van der Waals surface area contributed by atoms with Crippen LogP contribution in [0.1, 0.15) is 27.8 Å². The Bertz CT molecular complexity index is 999. The third-order valence-electron chi connectivity index (χ3n) is 3.86. The van der Waals surface area contributed by atoms with Crippen molar-refractivity contribution in [2.75, 3.05) is 7.11 Å². The lowest BCUT2D eigenvalue weighted by atomic mass is 10.1. The van der Waals surface area contributed by atoms with E-state index in [1.54, 1.807) is 48.5 Å². The number of ether oxygens (including phenoxy) is 2. The summed E-state index contributed by atoms with van der Waals surface area (Å²) >= 11 is 0. The first-order valence-electron chi connectivity index (χ1n) is 8.58. The molecule has 3 aromatic rings. The van der Waals surface area contributed by atoms with Crippen LogP contribution >= 0.6 is 0 Å². The van der Waals surface area contributed by atoms with Crippen molar-refractivity contribution >= 4 is 18.1 Å². The lowest BCUT2D eigenvalue weighted by Gasteiger charge is -2.09. The molecule has 0 aliphatic heterocycles. The molecule has 8 nitrogen and oxygen atoms in total. The van der Waals surface area contributed by atoms with E-state index >= 15 is 0 Å². The van der Waals surface area contributed by atoms with E-state index in [2.05, 4.69) is 10.5 Å². The molecule has 0 bridgehead atoms. The average molecular weight is 394 g/mol. The van der Waals surface area contributed by atoms with Crippen molar-refractivity contribution in [1.29, 1.82) is 0 Å². The minimum Gasteiger partial charge on any atom is -0.493 e. The molecule has 1 amide bonds. The fraction of sp³-hybridized carbons (Fsp3) is 0.0952. The standard InChI is InChI=1S/C21H18N2O6/c1-27-18-12-14(9-10-16(18)29-21(26)17-8-5-11-28-17)13-22-23-20(25)19(24)15-6-3-2-4-7-15/h2-13,19,24H,1H3,(H,23,25). The number of carbonyl (C=O) groups is 2. The molecule has 0 aliphatic rings. The third kappa shape index (κ3) is 5.08. The SMILES string of the molecule is COc1cc(C=NNC(=O)C(O)c2ccccc2)ccc1OC(=O)c1ccco1. The average Bonchev–Trinajstić information content (AvgIpc) is 3.29. The molecule has 3 rings (SSSR count). The van der Waals surface area contributed by atoms with Crippen molar-refractivity contribution in [2.45, 2.75) is 6.10 Å². The van der Waals surface area contributed by atoms with E-state index in [9.17, 15) is 14.7 Å². The molecule has 0 saturated heterocycles. The van der Waals surface area contributed by atoms with Crippen molar-refractivity contribution in [3.05, 3.63) is 83.8 Å². The molecule has 0 spiro atoms. The first-order valence-corrected chi connectivity index (χ1v) is 8.58. The van der Waals surface area contributed by atoms with E-state index in [4.69, 9.17) is 13.9 Å². The van der Waals surface area contributed by atoms with Gasteiger partial charge in [0.15, 0.2) is 17.6 Å². The zero-order valence-electron chi connectivity index (χ0n) is 15.4. The van der Waals surface area contributed by atoms with Crippen LogP contribution in [-0.4, -0.2) is 30.3 Å². The largest absolute Gasteiger partial charge is 0.493 e. The maximum Gasteiger partial charge on any atom is 0.379 e. The van der Waals surface area contributed by atoms with E-state index in [0.717, 1.165) is 0 Å². The van der Waals surface area contributed by atoms with Crippen LogP contribution in [0.3, 0.4) is 0 Å². The number of esters is 1. The van der Waals surface area contributed by atoms with Gasteiger partial charge >= 0.3 is 5.97 Å². The molecule has 2 aromatic carbocycles. The summed E-state index contributed by atoms with van der Waals surface area (Å²) in [6.07, 6.45) is 1.42. The number of carbonyl (C=O) groups excluding carboxylic acids is 2. The quantitative estimate of drug-likeness (QED) is 0.276. The molecule has 1 unspecified atom stereocenters. The van der Waals surface area contributed by atoms with Crippen LogP contribution in [0, 0.1) is 0 Å². The number of aliphatic hydroxyl groups is 1. The Kier molecular flexibility index (Phi) is 6.39. The summed E-state index contributed by atoms with van der Waals surface area (Å²) in [5.74, 6) is -0.753. The van der Waals surface area contributed by atoms with E-state index < -0.39 is 18.0 Å². The van der Waals surface area contributed by atoms with Crippen LogP contribution < -0.4 is 14.9 Å². The lowest BCUT2D eigenvalue weighted by molar-refractivity contribution is -0.129. The molecule has 0 aliphatic carbocycles. The van der Waals surface area contributed by atoms with E-state index in [1.807, 2.05) is 0 Å². The highest BCUT2D eigenvalue weighted by molar-refractivity contribution is 5.89. The number of hydrazone groups is 1. The second kappa shape index (κ2) is 9.34. The van der Waals surface area contributed by atoms with Gasteiger partial charge in [0.25, 0.3) is 5.91 Å². The zero-order valence-corrected chi connectivity index (χ0v) is 15.4. The topological polar surface area (TPSA) is 110 Å². The Balaban J connectivity index is 1.63. The first kappa shape index (κ1) is 19.8. The number of benzene rings is 2. The summed E-state index contributed by atoms with van der Waals surface area (Å²) in [7, 11) is 1.43. The van der Waals surface area contributed by atoms with E-state index in [1.165, 1.54) is 31.7 Å². The van der Waals surface area contributed by atoms with Gasteiger partial charge in [-0.3, -0.25) is 4.79 Å². The predicted molar refractivity (Wildman–Crippen MR) is 104 cm³/mol. The number of furan rings is 1. The molecule has 8 heteroatoms. The lowest BCUT2D eigenvalue weighted by Crippen LogP contribution is -2.25. The fourth-order valence-electron chi connectivity index (χ4n) is 2.41. The number of nitrogens with one attached hydrogen (secondary N) is 1. The summed E-state index contributed by atoms with van der Waals surface area (Å²) < 4.78 is 15.5. The van der Waals surface area contributed by atoms with Crippen molar-refractivity contribution in [1.82, 2.24) is 5.43 Å². The molecule has 0 saturated carbocycles. The van der Waals surface area contributed by atoms with Crippen LogP contribution in [0.5, 0.6) is 11.5 Å². The molecule has 1 heterocycles. The third-order valence-corrected chi connectivity index (χ3v) is 3.86. The Morgan fingerprint density at radius 3 is 2.59 bits per heavy atom. The van der Waals surface area contributed by atoms with Gasteiger partial charge in [-0.05, 0) is 41.5 Å². The van der Waals surface area contributed by atoms with Gasteiger partial charge in [0, 0.05) is 0 Å². The predicted octanol–water partition coefficient (Wildman–Crippen LogP) is 2.69. The molecule has 1 aromatic heterocycles. The molecule has 0 radical (unpaired) electrons. The monoisotopic (exact) mass is 394 g/mol. The van der Waals surface area contributed by atoms with Crippen LogP contribution in [0.25, 0.3) is 0 Å². The number of hydrogen-bond donors (Lipinski definition) is 2. The Labute approximate surface area is 166 Å². The summed E-state index contributed by atoms with van der Waals surface area (Å²) in [6.45, 7) is 0. The fourth-order valence-corrected chi connectivity index (χ4v) is 2.41. The molecule has 1 atom stereocenters. The van der Waals surface area contributed by atoms with Gasteiger partial charge in [-0.1, -0.05) is 30.3 Å². The highest BCUT2D eigenvalue weighted by Gasteiger charge is 2.16. The minimum absolute atomic E-state index is 0.0670. The normalized spacial score (nSPS) is 11.8. The number of amides is 1. The Morgan fingerprint density at radius 2 is 1.90 bits per heavy atom. The van der Waals surface area contributed by atoms with Gasteiger partial charge in [-0.25, -0.2) is 10.2 Å². The first-order chi connectivity index (χ1) is 14.1. The Hall–Kier alpha value is -3.91. The smallest absolute Gasteiger partial charge is 0.379 e. The maximum atomic E-state index is 12.0. The van der Waals surface area contributed by atoms with Gasteiger partial charge in [0.2, 0.25) is 5.76 Å². The number of rotatable bonds is 7. The molecule has 148 valence electrons. The second-order valence-corrected chi connectivity index (χ2v) is 5.82. The van der Waals surface area contributed by atoms with Gasteiger partial charge < -0.3 is 19.0 Å². The van der Waals surface area contributed by atoms with Crippen LogP contribution in [0.4, 0.5) is 0 Å². The summed E-state index contributed by atoms with van der Waals surface area (Å²) in [5.41, 5.74) is 3.31. The summed E-state index contributed by atoms with van der Waals surface area (Å²) in [4.78, 5) is 24.0. The molecular formula is C21H18N2O6. The minimum atomic E-state index is -1.33. The van der Waals surface area contributed by atoms with Gasteiger partial charge in [0.1, 0.15) is 0 Å². The maximum absolute atomic E-state index is 12.0. The van der Waals surface area contributed by atoms with Gasteiger partial charge in [0.05, 0.1) is 19.6 Å². The highest BCUT2D eigenvalue weighted by Crippen LogP contribution is 2.28. The summed E-state index contributed by atoms with van der Waals surface area (Å²) in [6, 6.07) is 16.3. The van der Waals surface area contributed by atoms with Crippen molar-refractivity contribution < 1.29 is 28.6 Å². The van der Waals surface area contributed by atoms with E-state index in [-0.39, 0.29) is 11.5 Å². The number of methoxy groups -OCH3 is 1. The molecule has 0 fully saturated rings. The number of hydrogen-bond acceptors (Lipinski definition) is 7. The van der Waals surface area contributed by atoms with Crippen LogP contribution in [-0.2, 0) is 4.79 Å². The number of aliphatic hydroxyl groups excluding tert-OH is 1. The van der Waals surface area contributed by atoms with Crippen molar-refractivity contribution in [2.24, 2.45) is 5.10 Å². The highest BCUT2D eigenvalue weighted by atomic mass is 16.6. The van der Waals surface area contributed by atoms with Crippen molar-refractivity contribution in [3.8, 4) is 11.5 Å². The molecule has 29 heavy (non-hydrogen) atoms. The second-order valence-electron chi connectivity index (χ2n) is 5.82.